The van der Waals surface area contributed by atoms with Crippen molar-refractivity contribution in [2.45, 2.75) is 84.1 Å². The van der Waals surface area contributed by atoms with Gasteiger partial charge in [-0.15, -0.1) is 0 Å². The quantitative estimate of drug-likeness (QED) is 0.447. The van der Waals surface area contributed by atoms with E-state index in [0.717, 1.165) is 36.0 Å². The van der Waals surface area contributed by atoms with Gasteiger partial charge in [0.2, 0.25) is 17.7 Å². The van der Waals surface area contributed by atoms with Crippen LogP contribution in [0.4, 0.5) is 0 Å². The molecule has 9 nitrogen and oxygen atoms in total. The van der Waals surface area contributed by atoms with Gasteiger partial charge in [-0.3, -0.25) is 14.4 Å². The molecule has 4 unspecified atom stereocenters. The standard InChI is InChI=1S/C32H42N4O5/c1-19(33-5)28(37)35-27(32(2,3)4)30(39)36-18-23-16-22(31(40)41-6)15-14-21(23)17-26(36)29(38)34-25-13-9-11-20-10-7-8-12-24(20)25/h7-8,10,12,14-16,19,25-27,33H,9,11,13,17-18H2,1-6H3,(H,34,38)(H,35,37). The topological polar surface area (TPSA) is 117 Å². The number of nitrogens with zero attached hydrogens (tertiary/aromatic N) is 1. The number of benzene rings is 2. The molecule has 0 radical (unpaired) electrons. The highest BCUT2D eigenvalue weighted by atomic mass is 16.5. The van der Waals surface area contributed by atoms with Gasteiger partial charge >= 0.3 is 5.97 Å². The van der Waals surface area contributed by atoms with Crippen molar-refractivity contribution >= 4 is 23.7 Å². The lowest BCUT2D eigenvalue weighted by Crippen LogP contribution is -2.62. The summed E-state index contributed by atoms with van der Waals surface area (Å²) in [7, 11) is 3.01. The fraction of sp³-hybridized carbons (Fsp3) is 0.500. The van der Waals surface area contributed by atoms with Crippen molar-refractivity contribution in [1.29, 1.82) is 0 Å². The molecule has 0 fully saturated rings. The van der Waals surface area contributed by atoms with E-state index in [-0.39, 0.29) is 30.3 Å². The number of ether oxygens (including phenoxy) is 1. The van der Waals surface area contributed by atoms with Gasteiger partial charge in [0.15, 0.2) is 0 Å². The number of amides is 3. The lowest BCUT2D eigenvalue weighted by atomic mass is 9.83. The molecule has 2 aromatic rings. The van der Waals surface area contributed by atoms with Crippen LogP contribution in [0.2, 0.25) is 0 Å². The molecule has 220 valence electrons. The summed E-state index contributed by atoms with van der Waals surface area (Å²) in [6.07, 6.45) is 3.06. The molecule has 2 aromatic carbocycles. The molecule has 4 atom stereocenters. The normalized spacial score (nSPS) is 19.7. The summed E-state index contributed by atoms with van der Waals surface area (Å²) in [4.78, 5) is 55.0. The number of carbonyl (C=O) groups is 4. The van der Waals surface area contributed by atoms with E-state index in [9.17, 15) is 19.2 Å². The van der Waals surface area contributed by atoms with Gasteiger partial charge in [-0.2, -0.15) is 0 Å². The second-order valence-corrected chi connectivity index (χ2v) is 12.1. The molecular weight excluding hydrogens is 520 g/mol. The molecule has 0 saturated carbocycles. The van der Waals surface area contributed by atoms with E-state index in [4.69, 9.17) is 4.74 Å². The van der Waals surface area contributed by atoms with Crippen molar-refractivity contribution < 1.29 is 23.9 Å². The van der Waals surface area contributed by atoms with Crippen LogP contribution in [0.15, 0.2) is 42.5 Å². The number of rotatable bonds is 7. The molecule has 0 spiro atoms. The first-order valence-electron chi connectivity index (χ1n) is 14.3. The van der Waals surface area contributed by atoms with Crippen LogP contribution in [0, 0.1) is 5.41 Å². The third-order valence-corrected chi connectivity index (χ3v) is 8.26. The maximum Gasteiger partial charge on any atom is 0.337 e. The SMILES string of the molecule is CNC(C)C(=O)NC(C(=O)N1Cc2cc(C(=O)OC)ccc2CC1C(=O)NC1CCCc2ccccc21)C(C)(C)C. The van der Waals surface area contributed by atoms with E-state index in [2.05, 4.69) is 28.1 Å². The van der Waals surface area contributed by atoms with Crippen molar-refractivity contribution in [1.82, 2.24) is 20.9 Å². The summed E-state index contributed by atoms with van der Waals surface area (Å²) in [6.45, 7) is 7.52. The highest BCUT2D eigenvalue weighted by Gasteiger charge is 2.43. The summed E-state index contributed by atoms with van der Waals surface area (Å²) < 4.78 is 4.90. The summed E-state index contributed by atoms with van der Waals surface area (Å²) >= 11 is 0. The second-order valence-electron chi connectivity index (χ2n) is 12.1. The monoisotopic (exact) mass is 562 g/mol. The van der Waals surface area contributed by atoms with E-state index in [1.165, 1.54) is 12.7 Å². The minimum Gasteiger partial charge on any atom is -0.465 e. The molecule has 2 aliphatic rings. The second kappa shape index (κ2) is 12.4. The Kier molecular flexibility index (Phi) is 9.17. The number of carbonyl (C=O) groups excluding carboxylic acids is 4. The van der Waals surface area contributed by atoms with Gasteiger partial charge < -0.3 is 25.6 Å². The molecule has 1 aliphatic carbocycles. The van der Waals surface area contributed by atoms with Gasteiger partial charge in [-0.25, -0.2) is 4.79 Å². The Balaban J connectivity index is 1.69. The van der Waals surface area contributed by atoms with E-state index in [1.54, 1.807) is 31.0 Å². The predicted molar refractivity (Wildman–Crippen MR) is 156 cm³/mol. The molecule has 0 aromatic heterocycles. The van der Waals surface area contributed by atoms with Crippen molar-refractivity contribution in [3.8, 4) is 0 Å². The zero-order valence-electron chi connectivity index (χ0n) is 24.9. The maximum atomic E-state index is 14.3. The number of hydrogen-bond donors (Lipinski definition) is 3. The van der Waals surface area contributed by atoms with Gasteiger partial charge in [0, 0.05) is 13.0 Å². The van der Waals surface area contributed by atoms with E-state index < -0.39 is 29.5 Å². The lowest BCUT2D eigenvalue weighted by molar-refractivity contribution is -0.147. The van der Waals surface area contributed by atoms with Gasteiger partial charge in [0.05, 0.1) is 24.8 Å². The fourth-order valence-electron chi connectivity index (χ4n) is 5.68. The molecule has 9 heteroatoms. The predicted octanol–water partition coefficient (Wildman–Crippen LogP) is 3.06. The average molecular weight is 563 g/mol. The summed E-state index contributed by atoms with van der Waals surface area (Å²) in [5.74, 6) is -1.34. The Morgan fingerprint density at radius 2 is 1.76 bits per heavy atom. The minimum absolute atomic E-state index is 0.127. The molecule has 0 bridgehead atoms. The largest absolute Gasteiger partial charge is 0.465 e. The molecule has 4 rings (SSSR count). The molecule has 3 amide bonds. The summed E-state index contributed by atoms with van der Waals surface area (Å²) in [5.41, 5.74) is 3.77. The highest BCUT2D eigenvalue weighted by molar-refractivity contribution is 5.94. The Hall–Kier alpha value is -3.72. The molecule has 0 saturated heterocycles. The van der Waals surface area contributed by atoms with Crippen LogP contribution >= 0.6 is 0 Å². The van der Waals surface area contributed by atoms with E-state index in [1.807, 2.05) is 39.0 Å². The fourth-order valence-corrected chi connectivity index (χ4v) is 5.68. The van der Waals surface area contributed by atoms with Crippen LogP contribution < -0.4 is 16.0 Å². The first-order valence-corrected chi connectivity index (χ1v) is 14.3. The van der Waals surface area contributed by atoms with Gasteiger partial charge in [-0.05, 0) is 73.0 Å². The van der Waals surface area contributed by atoms with Crippen molar-refractivity contribution in [3.05, 3.63) is 70.3 Å². The molecule has 1 aliphatic heterocycles. The van der Waals surface area contributed by atoms with E-state index in [0.29, 0.717) is 12.0 Å². The number of nitrogens with one attached hydrogen (secondary N) is 3. The van der Waals surface area contributed by atoms with E-state index >= 15 is 0 Å². The molecule has 1 heterocycles. The number of likely N-dealkylation sites (N-methyl/N-ethyl adjacent to an activating group) is 1. The number of esters is 1. The average Bonchev–Trinajstić information content (AvgIpc) is 2.97. The van der Waals surface area contributed by atoms with Crippen LogP contribution in [0.1, 0.15) is 79.2 Å². The highest BCUT2D eigenvalue weighted by Crippen LogP contribution is 2.32. The van der Waals surface area contributed by atoms with Gasteiger partial charge in [0.1, 0.15) is 12.1 Å². The maximum absolute atomic E-state index is 14.3. The first kappa shape index (κ1) is 30.2. The Morgan fingerprint density at radius 1 is 1.02 bits per heavy atom. The first-order chi connectivity index (χ1) is 19.4. The molecule has 41 heavy (non-hydrogen) atoms. The summed E-state index contributed by atoms with van der Waals surface area (Å²) in [5, 5.41) is 9.07. The zero-order valence-corrected chi connectivity index (χ0v) is 24.9. The zero-order chi connectivity index (χ0) is 29.9. The van der Waals surface area contributed by atoms with Gasteiger partial charge in [0.25, 0.3) is 0 Å². The third kappa shape index (κ3) is 6.62. The van der Waals surface area contributed by atoms with Gasteiger partial charge in [-0.1, -0.05) is 51.1 Å². The lowest BCUT2D eigenvalue weighted by Gasteiger charge is -2.41. The minimum atomic E-state index is -0.873. The van der Waals surface area contributed by atoms with Crippen LogP contribution in [0.3, 0.4) is 0 Å². The number of hydrogen-bond acceptors (Lipinski definition) is 6. The van der Waals surface area contributed by atoms with Crippen LogP contribution in [0.5, 0.6) is 0 Å². The Morgan fingerprint density at radius 3 is 2.44 bits per heavy atom. The molecular formula is C32H42N4O5. The number of aryl methyl sites for hydroxylation is 1. The smallest absolute Gasteiger partial charge is 0.337 e. The van der Waals surface area contributed by atoms with Crippen LogP contribution in [-0.4, -0.2) is 60.9 Å². The Labute approximate surface area is 242 Å². The van der Waals surface area contributed by atoms with Crippen molar-refractivity contribution in [2.75, 3.05) is 14.2 Å². The number of fused-ring (bicyclic) bond motifs is 2. The number of methoxy groups -OCH3 is 1. The van der Waals surface area contributed by atoms with Crippen LogP contribution in [0.25, 0.3) is 0 Å². The van der Waals surface area contributed by atoms with Crippen molar-refractivity contribution in [3.63, 3.8) is 0 Å². The molecule has 3 N–H and O–H groups in total. The third-order valence-electron chi connectivity index (χ3n) is 8.26. The van der Waals surface area contributed by atoms with Crippen molar-refractivity contribution in [2.24, 2.45) is 5.41 Å². The van der Waals surface area contributed by atoms with Crippen LogP contribution in [-0.2, 0) is 38.5 Å². The summed E-state index contributed by atoms with van der Waals surface area (Å²) in [6, 6.07) is 11.1. The Bertz CT molecular complexity index is 1320.